The predicted molar refractivity (Wildman–Crippen MR) is 133 cm³/mol. The number of hydrogen-bond acceptors (Lipinski definition) is 7. The van der Waals surface area contributed by atoms with Crippen LogP contribution in [0.15, 0.2) is 46.1 Å². The van der Waals surface area contributed by atoms with Crippen molar-refractivity contribution in [1.29, 1.82) is 0 Å². The fraction of sp³-hybridized carbons (Fsp3) is 0.143. The molecule has 0 saturated carbocycles. The average molecular weight is 536 g/mol. The molecule has 2 aromatic heterocycles. The normalized spacial score (nSPS) is 11.7. The van der Waals surface area contributed by atoms with Crippen molar-refractivity contribution in [1.82, 2.24) is 19.7 Å². The number of aromatic amines is 1. The quantitative estimate of drug-likeness (QED) is 0.337. The lowest BCUT2D eigenvalue weighted by Crippen LogP contribution is -2.16. The summed E-state index contributed by atoms with van der Waals surface area (Å²) in [5, 5.41) is 9.75. The minimum Gasteiger partial charge on any atom is -0.366 e. The van der Waals surface area contributed by atoms with E-state index in [0.717, 1.165) is 17.7 Å². The van der Waals surface area contributed by atoms with Gasteiger partial charge in [-0.1, -0.05) is 35.3 Å². The van der Waals surface area contributed by atoms with Crippen LogP contribution in [0.5, 0.6) is 0 Å². The molecule has 4 aromatic rings. The number of rotatable bonds is 6. The second-order valence-corrected chi connectivity index (χ2v) is 10.2. The molecule has 1 amide bonds. The zero-order valence-corrected chi connectivity index (χ0v) is 20.7. The summed E-state index contributed by atoms with van der Waals surface area (Å²) in [6, 6.07) is 8.86. The molecule has 0 aliphatic heterocycles. The van der Waals surface area contributed by atoms with Gasteiger partial charge in [0, 0.05) is 26.1 Å². The molecule has 14 heteroatoms. The molecule has 2 heterocycles. The first kappa shape index (κ1) is 24.7. The Morgan fingerprint density at radius 1 is 1.14 bits per heavy atom. The topological polar surface area (TPSA) is 170 Å². The molecule has 2 aromatic carbocycles. The smallest absolute Gasteiger partial charge is 0.264 e. The lowest BCUT2D eigenvalue weighted by molar-refractivity contribution is 0.1000. The summed E-state index contributed by atoms with van der Waals surface area (Å²) >= 11 is 12.8. The number of primary sulfonamides is 1. The number of carbonyl (C=O) groups is 1. The van der Waals surface area contributed by atoms with Gasteiger partial charge in [-0.05, 0) is 29.8 Å². The van der Waals surface area contributed by atoms with Crippen LogP contribution in [0.4, 0.5) is 5.82 Å². The number of benzene rings is 2. The number of carbonyl (C=O) groups excluding carboxylic acids is 1. The SMILES string of the molecule is CN(C)c1nn(-c2c(Cl)cc(S(N)(=O)=O)cc2Cl)c2nc(Cc3ccc(C(N)=O)cc3)[nH]c(=O)c12. The number of sulfonamides is 1. The van der Waals surface area contributed by atoms with Gasteiger partial charge in [-0.25, -0.2) is 23.2 Å². The van der Waals surface area contributed by atoms with Gasteiger partial charge in [0.25, 0.3) is 5.56 Å². The zero-order chi connectivity index (χ0) is 25.7. The third-order valence-corrected chi connectivity index (χ3v) is 6.60. The largest absolute Gasteiger partial charge is 0.366 e. The van der Waals surface area contributed by atoms with E-state index in [2.05, 4.69) is 15.1 Å². The summed E-state index contributed by atoms with van der Waals surface area (Å²) < 4.78 is 24.8. The first-order valence-electron chi connectivity index (χ1n) is 9.97. The Morgan fingerprint density at radius 2 is 1.74 bits per heavy atom. The first-order chi connectivity index (χ1) is 16.4. The molecule has 0 bridgehead atoms. The van der Waals surface area contributed by atoms with Crippen LogP contribution < -0.4 is 21.3 Å². The lowest BCUT2D eigenvalue weighted by Gasteiger charge is -2.11. The molecule has 11 nitrogen and oxygen atoms in total. The van der Waals surface area contributed by atoms with Crippen LogP contribution in [0, 0.1) is 0 Å². The van der Waals surface area contributed by atoms with Gasteiger partial charge in [0.15, 0.2) is 11.5 Å². The Morgan fingerprint density at radius 3 is 2.26 bits per heavy atom. The summed E-state index contributed by atoms with van der Waals surface area (Å²) in [4.78, 5) is 33.1. The number of nitrogens with one attached hydrogen (secondary N) is 1. The Labute approximate surface area is 209 Å². The van der Waals surface area contributed by atoms with Gasteiger partial charge in [0.2, 0.25) is 15.9 Å². The summed E-state index contributed by atoms with van der Waals surface area (Å²) in [5.74, 6) is 0.0646. The number of H-pyrrole nitrogens is 1. The van der Waals surface area contributed by atoms with Gasteiger partial charge in [-0.3, -0.25) is 9.59 Å². The summed E-state index contributed by atoms with van der Waals surface area (Å²) in [5.41, 5.74) is 6.25. The molecule has 0 radical (unpaired) electrons. The minimum atomic E-state index is -4.06. The Kier molecular flexibility index (Phi) is 6.32. The van der Waals surface area contributed by atoms with Gasteiger partial charge in [-0.15, -0.1) is 5.10 Å². The molecule has 35 heavy (non-hydrogen) atoms. The number of nitrogens with two attached hydrogens (primary N) is 2. The molecule has 0 saturated heterocycles. The molecule has 0 aliphatic rings. The van der Waals surface area contributed by atoms with Crippen molar-refractivity contribution in [3.8, 4) is 5.69 Å². The van der Waals surface area contributed by atoms with Crippen LogP contribution in [0.3, 0.4) is 0 Å². The molecule has 5 N–H and O–H groups in total. The molecular formula is C21H19Cl2N7O4S. The maximum absolute atomic E-state index is 13.1. The van der Waals surface area contributed by atoms with Crippen LogP contribution in [0.25, 0.3) is 16.7 Å². The van der Waals surface area contributed by atoms with E-state index < -0.39 is 21.5 Å². The van der Waals surface area contributed by atoms with Crippen molar-refractivity contribution >= 4 is 56.0 Å². The first-order valence-corrected chi connectivity index (χ1v) is 12.3. The van der Waals surface area contributed by atoms with E-state index in [4.69, 9.17) is 34.1 Å². The Balaban J connectivity index is 1.91. The number of aromatic nitrogens is 4. The van der Waals surface area contributed by atoms with Crippen molar-refractivity contribution in [3.63, 3.8) is 0 Å². The molecule has 0 atom stereocenters. The average Bonchev–Trinajstić information content (AvgIpc) is 3.13. The standard InChI is InChI=1S/C21H19Cl2N7O4S/c1-29(2)20-16-19(30(28-20)17-13(22)8-12(9-14(17)23)35(25,33)34)26-15(27-21(16)32)7-10-3-5-11(6-4-10)18(24)31/h3-6,8-9H,7H2,1-2H3,(H2,24,31)(H2,25,33,34)(H,26,27,32). The van der Waals surface area contributed by atoms with Crippen LogP contribution in [0.2, 0.25) is 10.0 Å². The third-order valence-electron chi connectivity index (χ3n) is 5.13. The van der Waals surface area contributed by atoms with Crippen LogP contribution >= 0.6 is 23.2 Å². The van der Waals surface area contributed by atoms with E-state index in [9.17, 15) is 18.0 Å². The highest BCUT2D eigenvalue weighted by molar-refractivity contribution is 7.89. The molecule has 0 unspecified atom stereocenters. The molecular weight excluding hydrogens is 517 g/mol. The van der Waals surface area contributed by atoms with E-state index in [1.807, 2.05) is 0 Å². The van der Waals surface area contributed by atoms with Crippen LogP contribution in [0.1, 0.15) is 21.7 Å². The van der Waals surface area contributed by atoms with Crippen molar-refractivity contribution in [2.45, 2.75) is 11.3 Å². The number of hydrogen-bond donors (Lipinski definition) is 3. The number of nitrogens with zero attached hydrogens (tertiary/aromatic N) is 4. The highest BCUT2D eigenvalue weighted by Gasteiger charge is 2.24. The van der Waals surface area contributed by atoms with Gasteiger partial charge < -0.3 is 15.6 Å². The predicted octanol–water partition coefficient (Wildman–Crippen LogP) is 1.82. The monoisotopic (exact) mass is 535 g/mol. The molecule has 4 rings (SSSR count). The van der Waals surface area contributed by atoms with E-state index in [1.165, 1.54) is 4.68 Å². The van der Waals surface area contributed by atoms with Crippen molar-refractivity contribution < 1.29 is 13.2 Å². The number of halogens is 2. The van der Waals surface area contributed by atoms with Gasteiger partial charge in [0.05, 0.1) is 14.9 Å². The highest BCUT2D eigenvalue weighted by atomic mass is 35.5. The van der Waals surface area contributed by atoms with Crippen LogP contribution in [-0.4, -0.2) is 48.2 Å². The summed E-state index contributed by atoms with van der Waals surface area (Å²) in [7, 11) is -0.657. The minimum absolute atomic E-state index is 0.0538. The van der Waals surface area contributed by atoms with Crippen molar-refractivity contribution in [2.75, 3.05) is 19.0 Å². The fourth-order valence-corrected chi connectivity index (χ4v) is 4.84. The molecule has 182 valence electrons. The third kappa shape index (κ3) is 4.73. The van der Waals surface area contributed by atoms with Gasteiger partial charge >= 0.3 is 0 Å². The van der Waals surface area contributed by atoms with E-state index in [-0.39, 0.29) is 38.1 Å². The van der Waals surface area contributed by atoms with E-state index in [1.54, 1.807) is 43.3 Å². The van der Waals surface area contributed by atoms with E-state index in [0.29, 0.717) is 17.2 Å². The van der Waals surface area contributed by atoms with Crippen molar-refractivity contribution in [2.24, 2.45) is 10.9 Å². The lowest BCUT2D eigenvalue weighted by atomic mass is 10.1. The second kappa shape index (κ2) is 8.96. The summed E-state index contributed by atoms with van der Waals surface area (Å²) in [6.07, 6.45) is 0.235. The number of primary amides is 1. The fourth-order valence-electron chi connectivity index (χ4n) is 3.50. The maximum Gasteiger partial charge on any atom is 0.264 e. The summed E-state index contributed by atoms with van der Waals surface area (Å²) in [6.45, 7) is 0. The van der Waals surface area contributed by atoms with Gasteiger partial charge in [0.1, 0.15) is 16.9 Å². The highest BCUT2D eigenvalue weighted by Crippen LogP contribution is 2.34. The second-order valence-electron chi connectivity index (χ2n) is 7.86. The zero-order valence-electron chi connectivity index (χ0n) is 18.4. The molecule has 0 fully saturated rings. The Hall–Kier alpha value is -3.45. The Bertz CT molecular complexity index is 1620. The van der Waals surface area contributed by atoms with Gasteiger partial charge in [-0.2, -0.15) is 0 Å². The number of fused-ring (bicyclic) bond motifs is 1. The van der Waals surface area contributed by atoms with E-state index >= 15 is 0 Å². The molecule has 0 spiro atoms. The number of anilines is 1. The number of amides is 1. The van der Waals surface area contributed by atoms with Crippen molar-refractivity contribution in [3.05, 3.63) is 73.7 Å². The molecule has 0 aliphatic carbocycles. The van der Waals surface area contributed by atoms with Crippen LogP contribution in [-0.2, 0) is 16.4 Å². The maximum atomic E-state index is 13.1.